The van der Waals surface area contributed by atoms with Crippen molar-refractivity contribution in [3.05, 3.63) is 29.3 Å². The lowest BCUT2D eigenvalue weighted by Gasteiger charge is -2.18. The van der Waals surface area contributed by atoms with Crippen LogP contribution in [0.15, 0.2) is 18.2 Å². The second-order valence-electron chi connectivity index (χ2n) is 3.81. The van der Waals surface area contributed by atoms with Crippen LogP contribution in [0.2, 0.25) is 0 Å². The first-order valence-corrected chi connectivity index (χ1v) is 5.08. The van der Waals surface area contributed by atoms with Gasteiger partial charge < -0.3 is 4.90 Å². The molecule has 1 saturated heterocycles. The second-order valence-corrected chi connectivity index (χ2v) is 3.81. The Bertz CT molecular complexity index is 412. The molecule has 0 aliphatic carbocycles. The van der Waals surface area contributed by atoms with E-state index >= 15 is 0 Å². The standard InChI is InChI=1S/C12H13NO2/c1-9-4-5-10(8-14)7-11(9)13-6-2-3-12(13)15/h4-5,7-8H,2-3,6H2,1H3. The van der Waals surface area contributed by atoms with Gasteiger partial charge in [-0.05, 0) is 25.0 Å². The lowest BCUT2D eigenvalue weighted by atomic mass is 10.1. The van der Waals surface area contributed by atoms with E-state index in [4.69, 9.17) is 0 Å². The molecule has 1 heterocycles. The number of benzene rings is 1. The third-order valence-corrected chi connectivity index (χ3v) is 2.73. The summed E-state index contributed by atoms with van der Waals surface area (Å²) >= 11 is 0. The first-order valence-electron chi connectivity index (χ1n) is 5.08. The molecular weight excluding hydrogens is 190 g/mol. The number of amides is 1. The summed E-state index contributed by atoms with van der Waals surface area (Å²) in [6.07, 6.45) is 2.33. The van der Waals surface area contributed by atoms with Crippen molar-refractivity contribution in [2.24, 2.45) is 0 Å². The van der Waals surface area contributed by atoms with Crippen LogP contribution >= 0.6 is 0 Å². The van der Waals surface area contributed by atoms with Crippen molar-refractivity contribution in [2.45, 2.75) is 19.8 Å². The Morgan fingerprint density at radius 1 is 1.40 bits per heavy atom. The number of hydrogen-bond donors (Lipinski definition) is 0. The van der Waals surface area contributed by atoms with Crippen molar-refractivity contribution in [2.75, 3.05) is 11.4 Å². The van der Waals surface area contributed by atoms with Crippen LogP contribution in [0.4, 0.5) is 5.69 Å². The number of aldehydes is 1. The molecule has 1 fully saturated rings. The van der Waals surface area contributed by atoms with E-state index in [9.17, 15) is 9.59 Å². The fourth-order valence-corrected chi connectivity index (χ4v) is 1.89. The van der Waals surface area contributed by atoms with Gasteiger partial charge in [0, 0.05) is 24.2 Å². The average molecular weight is 203 g/mol. The van der Waals surface area contributed by atoms with Gasteiger partial charge in [-0.1, -0.05) is 12.1 Å². The van der Waals surface area contributed by atoms with E-state index in [1.54, 1.807) is 17.0 Å². The van der Waals surface area contributed by atoms with E-state index in [0.717, 1.165) is 30.5 Å². The topological polar surface area (TPSA) is 37.4 Å². The molecule has 15 heavy (non-hydrogen) atoms. The highest BCUT2D eigenvalue weighted by atomic mass is 16.2. The highest BCUT2D eigenvalue weighted by Gasteiger charge is 2.22. The highest BCUT2D eigenvalue weighted by Crippen LogP contribution is 2.25. The average Bonchev–Trinajstić information content (AvgIpc) is 2.65. The van der Waals surface area contributed by atoms with Gasteiger partial charge >= 0.3 is 0 Å². The molecule has 1 aliphatic heterocycles. The number of carbonyl (C=O) groups is 2. The van der Waals surface area contributed by atoms with Crippen LogP contribution in [-0.2, 0) is 4.79 Å². The van der Waals surface area contributed by atoms with Crippen molar-refractivity contribution >= 4 is 17.9 Å². The maximum Gasteiger partial charge on any atom is 0.227 e. The molecule has 1 aromatic carbocycles. The normalized spacial score (nSPS) is 15.8. The summed E-state index contributed by atoms with van der Waals surface area (Å²) in [6.45, 7) is 2.72. The molecular formula is C12H13NO2. The first kappa shape index (κ1) is 9.90. The van der Waals surface area contributed by atoms with Gasteiger partial charge in [0.1, 0.15) is 6.29 Å². The minimum Gasteiger partial charge on any atom is -0.312 e. The van der Waals surface area contributed by atoms with Gasteiger partial charge in [0.15, 0.2) is 0 Å². The molecule has 0 bridgehead atoms. The Balaban J connectivity index is 2.41. The van der Waals surface area contributed by atoms with Crippen LogP contribution in [0.25, 0.3) is 0 Å². The van der Waals surface area contributed by atoms with Gasteiger partial charge in [0.2, 0.25) is 5.91 Å². The molecule has 3 heteroatoms. The lowest BCUT2D eigenvalue weighted by Crippen LogP contribution is -2.24. The summed E-state index contributed by atoms with van der Waals surface area (Å²) in [5.41, 5.74) is 2.54. The molecule has 0 radical (unpaired) electrons. The van der Waals surface area contributed by atoms with Gasteiger partial charge in [-0.15, -0.1) is 0 Å². The molecule has 3 nitrogen and oxygen atoms in total. The van der Waals surface area contributed by atoms with Gasteiger partial charge in [-0.25, -0.2) is 0 Å². The summed E-state index contributed by atoms with van der Waals surface area (Å²) in [5.74, 6) is 0.154. The maximum absolute atomic E-state index is 11.6. The predicted octanol–water partition coefficient (Wildman–Crippen LogP) is 1.93. The number of aryl methyl sites for hydroxylation is 1. The third kappa shape index (κ3) is 1.77. The molecule has 1 aromatic rings. The summed E-state index contributed by atoms with van der Waals surface area (Å²) in [7, 11) is 0. The van der Waals surface area contributed by atoms with Gasteiger partial charge in [-0.3, -0.25) is 9.59 Å². The Morgan fingerprint density at radius 3 is 2.80 bits per heavy atom. The summed E-state index contributed by atoms with van der Waals surface area (Å²) in [6, 6.07) is 5.43. The van der Waals surface area contributed by atoms with Crippen LogP contribution in [0, 0.1) is 6.92 Å². The monoisotopic (exact) mass is 203 g/mol. The fraction of sp³-hybridized carbons (Fsp3) is 0.333. The summed E-state index contributed by atoms with van der Waals surface area (Å²) in [4.78, 5) is 24.0. The van der Waals surface area contributed by atoms with Crippen LogP contribution in [0.5, 0.6) is 0 Å². The fourth-order valence-electron chi connectivity index (χ4n) is 1.89. The predicted molar refractivity (Wildman–Crippen MR) is 58.2 cm³/mol. The van der Waals surface area contributed by atoms with Crippen molar-refractivity contribution < 1.29 is 9.59 Å². The van der Waals surface area contributed by atoms with E-state index in [2.05, 4.69) is 0 Å². The molecule has 0 atom stereocenters. The third-order valence-electron chi connectivity index (χ3n) is 2.73. The molecule has 78 valence electrons. The largest absolute Gasteiger partial charge is 0.312 e. The quantitative estimate of drug-likeness (QED) is 0.689. The van der Waals surface area contributed by atoms with E-state index in [1.165, 1.54) is 0 Å². The Hall–Kier alpha value is -1.64. The lowest BCUT2D eigenvalue weighted by molar-refractivity contribution is -0.117. The van der Waals surface area contributed by atoms with Crippen molar-refractivity contribution in [1.82, 2.24) is 0 Å². The van der Waals surface area contributed by atoms with Crippen LogP contribution in [-0.4, -0.2) is 18.7 Å². The van der Waals surface area contributed by atoms with Gasteiger partial charge in [0.05, 0.1) is 0 Å². The van der Waals surface area contributed by atoms with E-state index in [0.29, 0.717) is 12.0 Å². The summed E-state index contributed by atoms with van der Waals surface area (Å²) < 4.78 is 0. The van der Waals surface area contributed by atoms with Crippen LogP contribution < -0.4 is 4.90 Å². The minimum absolute atomic E-state index is 0.154. The molecule has 2 rings (SSSR count). The molecule has 0 N–H and O–H groups in total. The smallest absolute Gasteiger partial charge is 0.227 e. The van der Waals surface area contributed by atoms with Crippen molar-refractivity contribution in [1.29, 1.82) is 0 Å². The van der Waals surface area contributed by atoms with Crippen LogP contribution in [0.1, 0.15) is 28.8 Å². The number of nitrogens with zero attached hydrogens (tertiary/aromatic N) is 1. The summed E-state index contributed by atoms with van der Waals surface area (Å²) in [5, 5.41) is 0. The van der Waals surface area contributed by atoms with Gasteiger partial charge in [-0.2, -0.15) is 0 Å². The first-order chi connectivity index (χ1) is 7.22. The Morgan fingerprint density at radius 2 is 2.20 bits per heavy atom. The zero-order chi connectivity index (χ0) is 10.8. The molecule has 0 saturated carbocycles. The molecule has 0 spiro atoms. The van der Waals surface area contributed by atoms with Crippen molar-refractivity contribution in [3.63, 3.8) is 0 Å². The van der Waals surface area contributed by atoms with E-state index < -0.39 is 0 Å². The molecule has 0 unspecified atom stereocenters. The Kier molecular flexibility index (Phi) is 2.54. The molecule has 0 aromatic heterocycles. The Labute approximate surface area is 88.7 Å². The maximum atomic E-state index is 11.6. The minimum atomic E-state index is 0.154. The highest BCUT2D eigenvalue weighted by molar-refractivity contribution is 5.96. The van der Waals surface area contributed by atoms with Crippen molar-refractivity contribution in [3.8, 4) is 0 Å². The van der Waals surface area contributed by atoms with E-state index in [-0.39, 0.29) is 5.91 Å². The number of anilines is 1. The zero-order valence-electron chi connectivity index (χ0n) is 8.69. The zero-order valence-corrected chi connectivity index (χ0v) is 8.69. The van der Waals surface area contributed by atoms with E-state index in [1.807, 2.05) is 13.0 Å². The SMILES string of the molecule is Cc1ccc(C=O)cc1N1CCCC1=O. The molecule has 1 aliphatic rings. The number of rotatable bonds is 2. The van der Waals surface area contributed by atoms with Gasteiger partial charge in [0.25, 0.3) is 0 Å². The number of hydrogen-bond acceptors (Lipinski definition) is 2. The molecule has 1 amide bonds. The number of carbonyl (C=O) groups excluding carboxylic acids is 2. The van der Waals surface area contributed by atoms with Crippen LogP contribution in [0.3, 0.4) is 0 Å². The second kappa shape index (κ2) is 3.85.